The maximum atomic E-state index is 13.5. The lowest BCUT2D eigenvalue weighted by atomic mass is 10.1. The third-order valence-corrected chi connectivity index (χ3v) is 7.43. The highest BCUT2D eigenvalue weighted by atomic mass is 32.2. The molecule has 1 aromatic heterocycles. The summed E-state index contributed by atoms with van der Waals surface area (Å²) in [7, 11) is 0. The van der Waals surface area contributed by atoms with E-state index in [1.54, 1.807) is 10.6 Å². The molecule has 184 valence electrons. The van der Waals surface area contributed by atoms with E-state index in [1.165, 1.54) is 17.3 Å². The zero-order chi connectivity index (χ0) is 25.1. The summed E-state index contributed by atoms with van der Waals surface area (Å²) in [6.45, 7) is 8.07. The lowest BCUT2D eigenvalue weighted by molar-refractivity contribution is -0.130. The maximum absolute atomic E-state index is 13.5. The van der Waals surface area contributed by atoms with E-state index >= 15 is 0 Å². The topological polar surface area (TPSA) is 58.4 Å². The molecule has 0 saturated carbocycles. The number of carbonyl (C=O) groups is 1. The Kier molecular flexibility index (Phi) is 7.20. The Morgan fingerprint density at radius 2 is 1.56 bits per heavy atom. The summed E-state index contributed by atoms with van der Waals surface area (Å²) in [5.74, 6) is 0.322. The van der Waals surface area contributed by atoms with E-state index in [2.05, 4.69) is 35.2 Å². The number of fused-ring (bicyclic) bond motifs is 1. The van der Waals surface area contributed by atoms with Crippen LogP contribution in [-0.2, 0) is 11.3 Å². The molecule has 7 heteroatoms. The number of benzene rings is 3. The van der Waals surface area contributed by atoms with Gasteiger partial charge in [-0.1, -0.05) is 60.3 Å². The zero-order valence-electron chi connectivity index (χ0n) is 20.7. The van der Waals surface area contributed by atoms with Crippen LogP contribution in [0.3, 0.4) is 0 Å². The highest BCUT2D eigenvalue weighted by Gasteiger charge is 2.22. The minimum absolute atomic E-state index is 0.0775. The van der Waals surface area contributed by atoms with Crippen molar-refractivity contribution in [2.75, 3.05) is 31.9 Å². The number of aromatic nitrogens is 2. The molecular formula is C29H30N4O2S. The Bertz CT molecular complexity index is 1420. The number of hydrogen-bond donors (Lipinski definition) is 0. The van der Waals surface area contributed by atoms with E-state index in [1.807, 2.05) is 55.1 Å². The first-order valence-corrected chi connectivity index (χ1v) is 13.2. The van der Waals surface area contributed by atoms with E-state index in [-0.39, 0.29) is 17.2 Å². The molecule has 3 aromatic carbocycles. The minimum Gasteiger partial charge on any atom is -0.339 e. The van der Waals surface area contributed by atoms with Crippen LogP contribution in [0.4, 0.5) is 0 Å². The fourth-order valence-electron chi connectivity index (χ4n) is 4.73. The summed E-state index contributed by atoms with van der Waals surface area (Å²) in [6, 6.07) is 23.9. The molecule has 0 aliphatic carbocycles. The van der Waals surface area contributed by atoms with Crippen molar-refractivity contribution in [2.45, 2.75) is 25.5 Å². The van der Waals surface area contributed by atoms with Gasteiger partial charge in [0.15, 0.2) is 5.16 Å². The van der Waals surface area contributed by atoms with Gasteiger partial charge in [-0.3, -0.25) is 19.1 Å². The number of rotatable bonds is 6. The first-order chi connectivity index (χ1) is 17.5. The number of carbonyl (C=O) groups excluding carboxylic acids is 1. The first-order valence-electron chi connectivity index (χ1n) is 12.3. The van der Waals surface area contributed by atoms with Crippen LogP contribution in [0, 0.1) is 13.8 Å². The van der Waals surface area contributed by atoms with Crippen LogP contribution >= 0.6 is 11.8 Å². The van der Waals surface area contributed by atoms with Crippen LogP contribution in [0.1, 0.15) is 16.7 Å². The number of piperazine rings is 1. The fraction of sp³-hybridized carbons (Fsp3) is 0.276. The van der Waals surface area contributed by atoms with E-state index in [9.17, 15) is 9.59 Å². The molecule has 1 aliphatic rings. The lowest BCUT2D eigenvalue weighted by Crippen LogP contribution is -2.48. The molecule has 0 bridgehead atoms. The number of thioether (sulfide) groups is 1. The van der Waals surface area contributed by atoms with Crippen LogP contribution in [0.25, 0.3) is 16.6 Å². The van der Waals surface area contributed by atoms with Gasteiger partial charge >= 0.3 is 0 Å². The quantitative estimate of drug-likeness (QED) is 0.291. The fourth-order valence-corrected chi connectivity index (χ4v) is 5.65. The third kappa shape index (κ3) is 5.37. The molecule has 0 radical (unpaired) electrons. The highest BCUT2D eigenvalue weighted by Crippen LogP contribution is 2.23. The predicted octanol–water partition coefficient (Wildman–Crippen LogP) is 4.44. The molecule has 5 rings (SSSR count). The Balaban J connectivity index is 1.32. The van der Waals surface area contributed by atoms with Crippen LogP contribution in [0.5, 0.6) is 0 Å². The van der Waals surface area contributed by atoms with Gasteiger partial charge in [0.25, 0.3) is 5.56 Å². The standard InChI is InChI=1S/C29H30N4O2S/c1-21-16-22(2)18-24(17-21)33-28(35)25-10-6-7-11-26(25)30-29(33)36-20-27(34)32-14-12-31(13-15-32)19-23-8-4-3-5-9-23/h3-11,16-18H,12-15,19-20H2,1-2H3. The molecule has 2 heterocycles. The third-order valence-electron chi connectivity index (χ3n) is 6.51. The van der Waals surface area contributed by atoms with E-state index in [0.29, 0.717) is 29.1 Å². The highest BCUT2D eigenvalue weighted by molar-refractivity contribution is 7.99. The summed E-state index contributed by atoms with van der Waals surface area (Å²) >= 11 is 1.33. The Morgan fingerprint density at radius 3 is 2.28 bits per heavy atom. The molecule has 1 aliphatic heterocycles. The van der Waals surface area contributed by atoms with Gasteiger partial charge < -0.3 is 4.90 Å². The summed E-state index contributed by atoms with van der Waals surface area (Å²) < 4.78 is 1.65. The van der Waals surface area contributed by atoms with Crippen molar-refractivity contribution in [1.29, 1.82) is 0 Å². The van der Waals surface area contributed by atoms with Crippen molar-refractivity contribution < 1.29 is 4.79 Å². The summed E-state index contributed by atoms with van der Waals surface area (Å²) in [4.78, 5) is 35.7. The summed E-state index contributed by atoms with van der Waals surface area (Å²) in [6.07, 6.45) is 0. The molecule has 0 N–H and O–H groups in total. The van der Waals surface area contributed by atoms with Gasteiger partial charge in [-0.05, 0) is 54.8 Å². The normalized spacial score (nSPS) is 14.3. The smallest absolute Gasteiger partial charge is 0.266 e. The van der Waals surface area contributed by atoms with Gasteiger partial charge in [0.2, 0.25) is 5.91 Å². The molecule has 0 atom stereocenters. The Labute approximate surface area is 215 Å². The van der Waals surface area contributed by atoms with Crippen molar-refractivity contribution >= 4 is 28.6 Å². The molecule has 1 saturated heterocycles. The number of hydrogen-bond acceptors (Lipinski definition) is 5. The molecule has 1 amide bonds. The Morgan fingerprint density at radius 1 is 0.889 bits per heavy atom. The molecule has 6 nitrogen and oxygen atoms in total. The first kappa shape index (κ1) is 24.3. The van der Waals surface area contributed by atoms with Gasteiger partial charge in [0.05, 0.1) is 22.3 Å². The van der Waals surface area contributed by atoms with Gasteiger partial charge in [-0.25, -0.2) is 4.98 Å². The molecule has 0 unspecified atom stereocenters. The SMILES string of the molecule is Cc1cc(C)cc(-n2c(SCC(=O)N3CCN(Cc4ccccc4)CC3)nc3ccccc3c2=O)c1. The number of aryl methyl sites for hydroxylation is 2. The lowest BCUT2D eigenvalue weighted by Gasteiger charge is -2.34. The van der Waals surface area contributed by atoms with Crippen LogP contribution in [0.15, 0.2) is 82.7 Å². The number of nitrogens with zero attached hydrogens (tertiary/aromatic N) is 4. The Hall–Kier alpha value is -3.42. The van der Waals surface area contributed by atoms with E-state index in [0.717, 1.165) is 36.4 Å². The van der Waals surface area contributed by atoms with Gasteiger partial charge in [-0.15, -0.1) is 0 Å². The zero-order valence-corrected chi connectivity index (χ0v) is 21.5. The second-order valence-electron chi connectivity index (χ2n) is 9.33. The van der Waals surface area contributed by atoms with E-state index < -0.39 is 0 Å². The molecule has 1 fully saturated rings. The second-order valence-corrected chi connectivity index (χ2v) is 10.3. The average molecular weight is 499 g/mol. The van der Waals surface area contributed by atoms with Gasteiger partial charge in [-0.2, -0.15) is 0 Å². The van der Waals surface area contributed by atoms with Gasteiger partial charge in [0, 0.05) is 32.7 Å². The second kappa shape index (κ2) is 10.7. The molecule has 4 aromatic rings. The molecular weight excluding hydrogens is 468 g/mol. The van der Waals surface area contributed by atoms with Gasteiger partial charge in [0.1, 0.15) is 0 Å². The summed E-state index contributed by atoms with van der Waals surface area (Å²) in [5, 5.41) is 1.11. The number of para-hydroxylation sites is 1. The van der Waals surface area contributed by atoms with E-state index in [4.69, 9.17) is 4.98 Å². The van der Waals surface area contributed by atoms with Crippen LogP contribution < -0.4 is 5.56 Å². The monoisotopic (exact) mass is 498 g/mol. The minimum atomic E-state index is -0.116. The molecule has 0 spiro atoms. The number of amides is 1. The largest absolute Gasteiger partial charge is 0.339 e. The van der Waals surface area contributed by atoms with Crippen LogP contribution in [-0.4, -0.2) is 57.2 Å². The van der Waals surface area contributed by atoms with Crippen molar-refractivity contribution in [3.8, 4) is 5.69 Å². The van der Waals surface area contributed by atoms with Crippen LogP contribution in [0.2, 0.25) is 0 Å². The predicted molar refractivity (Wildman–Crippen MR) is 146 cm³/mol. The van der Waals surface area contributed by atoms with Crippen molar-refractivity contribution in [3.63, 3.8) is 0 Å². The van der Waals surface area contributed by atoms with Crippen molar-refractivity contribution in [3.05, 3.63) is 99.8 Å². The average Bonchev–Trinajstić information content (AvgIpc) is 2.88. The van der Waals surface area contributed by atoms with Crippen molar-refractivity contribution in [2.24, 2.45) is 0 Å². The summed E-state index contributed by atoms with van der Waals surface area (Å²) in [5.41, 5.74) is 4.75. The van der Waals surface area contributed by atoms with Crippen molar-refractivity contribution in [1.82, 2.24) is 19.4 Å². The maximum Gasteiger partial charge on any atom is 0.266 e. The molecule has 36 heavy (non-hydrogen) atoms.